The van der Waals surface area contributed by atoms with E-state index in [9.17, 15) is 0 Å². The molecule has 1 aromatic heterocycles. The molecule has 0 aliphatic carbocycles. The van der Waals surface area contributed by atoms with Crippen LogP contribution in [0.15, 0.2) is 36.5 Å². The third kappa shape index (κ3) is 10.5. The van der Waals surface area contributed by atoms with E-state index in [4.69, 9.17) is 0 Å². The predicted octanol–water partition coefficient (Wildman–Crippen LogP) is 8.27. The standard InChI is InChI=1S/C15H32.C8H7N/c1-3-5-7-9-11-13-15-14-12-10-8-6-4-2;1-2-4-8-7(3-1)5-6-9-8/h3-15H2,1-2H3;1-6,9H. The lowest BCUT2D eigenvalue weighted by atomic mass is 10.1. The first-order chi connectivity index (χ1) is 11.9. The Morgan fingerprint density at radius 2 is 1.04 bits per heavy atom. The van der Waals surface area contributed by atoms with Gasteiger partial charge in [0.05, 0.1) is 0 Å². The van der Waals surface area contributed by atoms with Crippen LogP contribution in [0, 0.1) is 0 Å². The normalized spacial score (nSPS) is 10.6. The molecule has 0 spiro atoms. The predicted molar refractivity (Wildman–Crippen MR) is 110 cm³/mol. The van der Waals surface area contributed by atoms with Gasteiger partial charge in [-0.3, -0.25) is 0 Å². The summed E-state index contributed by atoms with van der Waals surface area (Å²) in [5.74, 6) is 0. The summed E-state index contributed by atoms with van der Waals surface area (Å²) in [5.41, 5.74) is 1.21. The maximum atomic E-state index is 3.12. The molecule has 1 heteroatoms. The van der Waals surface area contributed by atoms with Crippen LogP contribution in [0.4, 0.5) is 0 Å². The summed E-state index contributed by atoms with van der Waals surface area (Å²) in [7, 11) is 0. The second kappa shape index (κ2) is 15.3. The van der Waals surface area contributed by atoms with E-state index in [2.05, 4.69) is 37.0 Å². The third-order valence-corrected chi connectivity index (χ3v) is 4.67. The molecule has 1 N–H and O–H groups in total. The van der Waals surface area contributed by atoms with E-state index >= 15 is 0 Å². The van der Waals surface area contributed by atoms with Gasteiger partial charge in [0.2, 0.25) is 0 Å². The van der Waals surface area contributed by atoms with Crippen molar-refractivity contribution >= 4 is 10.9 Å². The largest absolute Gasteiger partial charge is 0.361 e. The Kier molecular flexibility index (Phi) is 13.3. The first-order valence-electron chi connectivity index (χ1n) is 10.4. The van der Waals surface area contributed by atoms with Gasteiger partial charge in [0, 0.05) is 11.7 Å². The molecule has 0 atom stereocenters. The van der Waals surface area contributed by atoms with Crippen LogP contribution in [0.3, 0.4) is 0 Å². The van der Waals surface area contributed by atoms with Gasteiger partial charge in [-0.1, -0.05) is 116 Å². The van der Waals surface area contributed by atoms with Crippen LogP contribution in [0.25, 0.3) is 10.9 Å². The zero-order chi connectivity index (χ0) is 17.3. The highest BCUT2D eigenvalue weighted by Gasteiger charge is 1.92. The monoisotopic (exact) mass is 329 g/mol. The number of aromatic amines is 1. The van der Waals surface area contributed by atoms with Crippen LogP contribution in [0.2, 0.25) is 0 Å². The van der Waals surface area contributed by atoms with Crippen molar-refractivity contribution in [3.05, 3.63) is 36.5 Å². The Hall–Kier alpha value is -1.24. The molecule has 136 valence electrons. The molecule has 1 aromatic carbocycles. The molecular weight excluding hydrogens is 290 g/mol. The third-order valence-electron chi connectivity index (χ3n) is 4.67. The topological polar surface area (TPSA) is 15.8 Å². The van der Waals surface area contributed by atoms with Crippen LogP contribution in [0.1, 0.15) is 97.3 Å². The number of fused-ring (bicyclic) bond motifs is 1. The summed E-state index contributed by atoms with van der Waals surface area (Å²) in [6.45, 7) is 4.58. The SMILES string of the molecule is CCCCCCCCCCCCCCC.c1ccc2[nH]ccc2c1. The minimum absolute atomic E-state index is 1.21. The van der Waals surface area contributed by atoms with Crippen molar-refractivity contribution in [2.45, 2.75) is 97.3 Å². The Balaban J connectivity index is 0.000000267. The summed E-state index contributed by atoms with van der Waals surface area (Å²) in [5, 5.41) is 1.28. The van der Waals surface area contributed by atoms with Crippen molar-refractivity contribution in [3.8, 4) is 0 Å². The van der Waals surface area contributed by atoms with E-state index in [0.717, 1.165) is 0 Å². The van der Waals surface area contributed by atoms with Crippen LogP contribution in [0.5, 0.6) is 0 Å². The van der Waals surface area contributed by atoms with Crippen molar-refractivity contribution in [3.63, 3.8) is 0 Å². The molecule has 1 heterocycles. The fourth-order valence-corrected chi connectivity index (χ4v) is 3.09. The first-order valence-corrected chi connectivity index (χ1v) is 10.4. The average Bonchev–Trinajstić information content (AvgIpc) is 3.09. The van der Waals surface area contributed by atoms with E-state index in [1.165, 1.54) is 94.4 Å². The number of unbranched alkanes of at least 4 members (excludes halogenated alkanes) is 12. The van der Waals surface area contributed by atoms with E-state index in [1.54, 1.807) is 0 Å². The number of aromatic nitrogens is 1. The van der Waals surface area contributed by atoms with E-state index in [-0.39, 0.29) is 0 Å². The lowest BCUT2D eigenvalue weighted by Crippen LogP contribution is -1.82. The highest BCUT2D eigenvalue weighted by atomic mass is 14.7. The molecule has 24 heavy (non-hydrogen) atoms. The van der Waals surface area contributed by atoms with Gasteiger partial charge < -0.3 is 4.98 Å². The summed E-state index contributed by atoms with van der Waals surface area (Å²) in [4.78, 5) is 3.12. The molecule has 1 nitrogen and oxygen atoms in total. The number of H-pyrrole nitrogens is 1. The maximum absolute atomic E-state index is 3.12. The van der Waals surface area contributed by atoms with Crippen LogP contribution < -0.4 is 0 Å². The molecule has 0 amide bonds. The molecule has 0 bridgehead atoms. The fourth-order valence-electron chi connectivity index (χ4n) is 3.09. The molecule has 0 saturated carbocycles. The zero-order valence-electron chi connectivity index (χ0n) is 16.2. The second-order valence-corrected chi connectivity index (χ2v) is 6.95. The van der Waals surface area contributed by atoms with E-state index in [1.807, 2.05) is 18.3 Å². The number of hydrogen-bond donors (Lipinski definition) is 1. The van der Waals surface area contributed by atoms with Crippen LogP contribution in [-0.4, -0.2) is 4.98 Å². The van der Waals surface area contributed by atoms with Gasteiger partial charge in [0.25, 0.3) is 0 Å². The maximum Gasteiger partial charge on any atom is 0.0453 e. The summed E-state index contributed by atoms with van der Waals surface area (Å²) < 4.78 is 0. The molecule has 0 fully saturated rings. The lowest BCUT2D eigenvalue weighted by Gasteiger charge is -2.01. The number of para-hydroxylation sites is 1. The van der Waals surface area contributed by atoms with Crippen molar-refractivity contribution in [2.24, 2.45) is 0 Å². The number of nitrogens with one attached hydrogen (secondary N) is 1. The van der Waals surface area contributed by atoms with E-state index < -0.39 is 0 Å². The van der Waals surface area contributed by atoms with Gasteiger partial charge in [-0.05, 0) is 17.5 Å². The molecule has 0 aliphatic heterocycles. The molecule has 2 rings (SSSR count). The van der Waals surface area contributed by atoms with Gasteiger partial charge in [-0.2, -0.15) is 0 Å². The molecule has 2 aromatic rings. The second-order valence-electron chi connectivity index (χ2n) is 6.95. The summed E-state index contributed by atoms with van der Waals surface area (Å²) in [6.07, 6.45) is 20.9. The summed E-state index contributed by atoms with van der Waals surface area (Å²) >= 11 is 0. The van der Waals surface area contributed by atoms with Gasteiger partial charge in [-0.25, -0.2) is 0 Å². The van der Waals surface area contributed by atoms with Crippen molar-refractivity contribution < 1.29 is 0 Å². The van der Waals surface area contributed by atoms with Crippen LogP contribution >= 0.6 is 0 Å². The molecule has 0 saturated heterocycles. The van der Waals surface area contributed by atoms with Gasteiger partial charge in [-0.15, -0.1) is 0 Å². The van der Waals surface area contributed by atoms with Gasteiger partial charge in [0.15, 0.2) is 0 Å². The van der Waals surface area contributed by atoms with Crippen LogP contribution in [-0.2, 0) is 0 Å². The molecular formula is C23H39N. The Labute approximate surface area is 150 Å². The van der Waals surface area contributed by atoms with E-state index in [0.29, 0.717) is 0 Å². The van der Waals surface area contributed by atoms with Crippen molar-refractivity contribution in [1.29, 1.82) is 0 Å². The van der Waals surface area contributed by atoms with Crippen molar-refractivity contribution in [2.75, 3.05) is 0 Å². The van der Waals surface area contributed by atoms with Gasteiger partial charge >= 0.3 is 0 Å². The number of benzene rings is 1. The average molecular weight is 330 g/mol. The van der Waals surface area contributed by atoms with Gasteiger partial charge in [0.1, 0.15) is 0 Å². The molecule has 0 aliphatic rings. The fraction of sp³-hybridized carbons (Fsp3) is 0.652. The quantitative estimate of drug-likeness (QED) is 0.377. The highest BCUT2D eigenvalue weighted by molar-refractivity contribution is 5.78. The zero-order valence-corrected chi connectivity index (χ0v) is 16.2. The first kappa shape index (κ1) is 20.8. The summed E-state index contributed by atoms with van der Waals surface area (Å²) in [6, 6.07) is 10.3. The smallest absolute Gasteiger partial charge is 0.0453 e. The Morgan fingerprint density at radius 3 is 1.50 bits per heavy atom. The molecule has 0 radical (unpaired) electrons. The number of hydrogen-bond acceptors (Lipinski definition) is 0. The number of rotatable bonds is 12. The minimum atomic E-state index is 1.21. The Bertz CT molecular complexity index is 443. The highest BCUT2D eigenvalue weighted by Crippen LogP contribution is 2.12. The Morgan fingerprint density at radius 1 is 0.583 bits per heavy atom. The van der Waals surface area contributed by atoms with Crippen molar-refractivity contribution in [1.82, 2.24) is 4.98 Å². The molecule has 0 unspecified atom stereocenters. The lowest BCUT2D eigenvalue weighted by molar-refractivity contribution is 0.542. The minimum Gasteiger partial charge on any atom is -0.361 e.